The Kier molecular flexibility index (Phi) is 2.49. The lowest BCUT2D eigenvalue weighted by molar-refractivity contribution is -0.0115. The normalized spacial score (nSPS) is 25.5. The van der Waals surface area contributed by atoms with Crippen LogP contribution < -0.4 is 5.73 Å². The van der Waals surface area contributed by atoms with Gasteiger partial charge in [-0.1, -0.05) is 24.3 Å². The first-order chi connectivity index (χ1) is 8.12. The molecule has 92 valence electrons. The number of alkyl halides is 1. The van der Waals surface area contributed by atoms with E-state index in [-0.39, 0.29) is 5.54 Å². The average molecular weight is 235 g/mol. The minimum Gasteiger partial charge on any atom is -0.381 e. The quantitative estimate of drug-likeness (QED) is 0.855. The Morgan fingerprint density at radius 1 is 1.06 bits per heavy atom. The van der Waals surface area contributed by atoms with Gasteiger partial charge < -0.3 is 10.5 Å². The van der Waals surface area contributed by atoms with Gasteiger partial charge in [-0.25, -0.2) is 4.39 Å². The highest BCUT2D eigenvalue weighted by molar-refractivity contribution is 5.36. The molecule has 2 N–H and O–H groups in total. The molecule has 1 saturated heterocycles. The van der Waals surface area contributed by atoms with Gasteiger partial charge in [0.25, 0.3) is 0 Å². The van der Waals surface area contributed by atoms with Crippen molar-refractivity contribution in [1.82, 2.24) is 0 Å². The number of nitrogens with two attached hydrogens (primary N) is 1. The van der Waals surface area contributed by atoms with Crippen LogP contribution in [-0.2, 0) is 15.9 Å². The molecule has 1 aromatic rings. The van der Waals surface area contributed by atoms with E-state index in [2.05, 4.69) is 0 Å². The Morgan fingerprint density at radius 2 is 1.71 bits per heavy atom. The minimum atomic E-state index is -1.22. The molecule has 0 bridgehead atoms. The van der Waals surface area contributed by atoms with E-state index in [0.29, 0.717) is 26.1 Å². The highest BCUT2D eigenvalue weighted by Crippen LogP contribution is 2.44. The number of ether oxygens (including phenoxy) is 1. The average Bonchev–Trinajstić information content (AvgIpc) is 3.10. The summed E-state index contributed by atoms with van der Waals surface area (Å²) in [5.41, 5.74) is 6.61. The molecule has 2 fully saturated rings. The molecule has 0 radical (unpaired) electrons. The lowest BCUT2D eigenvalue weighted by Crippen LogP contribution is -2.30. The number of rotatable bonds is 2. The lowest BCUT2D eigenvalue weighted by atomic mass is 9.86. The zero-order valence-electron chi connectivity index (χ0n) is 9.92. The van der Waals surface area contributed by atoms with Gasteiger partial charge in [0, 0.05) is 31.6 Å². The molecule has 2 aliphatic rings. The zero-order valence-corrected chi connectivity index (χ0v) is 9.92. The molecule has 0 atom stereocenters. The summed E-state index contributed by atoms with van der Waals surface area (Å²) in [5.74, 6) is 0. The third-order valence-electron chi connectivity index (χ3n) is 4.03. The molecule has 2 nitrogen and oxygen atoms in total. The molecule has 0 unspecified atom stereocenters. The molecule has 1 saturated carbocycles. The third-order valence-corrected chi connectivity index (χ3v) is 4.03. The lowest BCUT2D eigenvalue weighted by Gasteiger charge is -2.30. The third kappa shape index (κ3) is 1.98. The standard InChI is InChI=1S/C14H18FNO/c15-13(6-8-17-9-7-13)11-2-1-3-12(10-11)14(16)4-5-14/h1-3,10H,4-9,16H2. The molecule has 17 heavy (non-hydrogen) atoms. The monoisotopic (exact) mass is 235 g/mol. The molecule has 1 aliphatic carbocycles. The molecule has 1 aromatic carbocycles. The van der Waals surface area contributed by atoms with Crippen LogP contribution in [0.3, 0.4) is 0 Å². The van der Waals surface area contributed by atoms with E-state index in [1.54, 1.807) is 0 Å². The maximum Gasteiger partial charge on any atom is 0.140 e. The summed E-state index contributed by atoms with van der Waals surface area (Å²) in [5, 5.41) is 0. The van der Waals surface area contributed by atoms with Crippen LogP contribution >= 0.6 is 0 Å². The number of benzene rings is 1. The van der Waals surface area contributed by atoms with Gasteiger partial charge in [0.1, 0.15) is 5.67 Å². The van der Waals surface area contributed by atoms with Crippen molar-refractivity contribution in [2.24, 2.45) is 5.73 Å². The van der Waals surface area contributed by atoms with Gasteiger partial charge in [0.2, 0.25) is 0 Å². The number of hydrogen-bond acceptors (Lipinski definition) is 2. The Hall–Kier alpha value is -0.930. The highest BCUT2D eigenvalue weighted by Gasteiger charge is 2.41. The minimum absolute atomic E-state index is 0.183. The van der Waals surface area contributed by atoms with Crippen molar-refractivity contribution in [3.8, 4) is 0 Å². The molecular formula is C14H18FNO. The van der Waals surface area contributed by atoms with E-state index in [9.17, 15) is 4.39 Å². The van der Waals surface area contributed by atoms with Crippen LogP contribution in [0.1, 0.15) is 36.8 Å². The van der Waals surface area contributed by atoms with Crippen LogP contribution in [0.25, 0.3) is 0 Å². The SMILES string of the molecule is NC1(c2cccc(C3(F)CCOCC3)c2)CC1. The molecular weight excluding hydrogens is 217 g/mol. The predicted molar refractivity (Wildman–Crippen MR) is 64.4 cm³/mol. The van der Waals surface area contributed by atoms with Crippen LogP contribution in [0.5, 0.6) is 0 Å². The summed E-state index contributed by atoms with van der Waals surface area (Å²) in [6.45, 7) is 1.02. The van der Waals surface area contributed by atoms with E-state index < -0.39 is 5.67 Å². The van der Waals surface area contributed by atoms with E-state index >= 15 is 0 Å². The summed E-state index contributed by atoms with van der Waals surface area (Å²) < 4.78 is 20.0. The Morgan fingerprint density at radius 3 is 2.35 bits per heavy atom. The summed E-state index contributed by atoms with van der Waals surface area (Å²) in [6.07, 6.45) is 2.93. The Labute approximate surface area is 101 Å². The van der Waals surface area contributed by atoms with Crippen LogP contribution in [-0.4, -0.2) is 13.2 Å². The molecule has 0 aromatic heterocycles. The van der Waals surface area contributed by atoms with E-state index in [1.165, 1.54) is 0 Å². The van der Waals surface area contributed by atoms with Crippen molar-refractivity contribution in [3.63, 3.8) is 0 Å². The van der Waals surface area contributed by atoms with Gasteiger partial charge in [0.05, 0.1) is 0 Å². The fourth-order valence-electron chi connectivity index (χ4n) is 2.51. The summed E-state index contributed by atoms with van der Waals surface area (Å²) in [6, 6.07) is 7.77. The van der Waals surface area contributed by atoms with Gasteiger partial charge in [0.15, 0.2) is 0 Å². The Bertz CT molecular complexity index is 422. The van der Waals surface area contributed by atoms with Crippen molar-refractivity contribution >= 4 is 0 Å². The Balaban J connectivity index is 1.92. The van der Waals surface area contributed by atoms with Gasteiger partial charge in [-0.3, -0.25) is 0 Å². The first-order valence-corrected chi connectivity index (χ1v) is 6.29. The molecule has 0 spiro atoms. The molecule has 0 amide bonds. The second-order valence-corrected chi connectivity index (χ2v) is 5.31. The van der Waals surface area contributed by atoms with Crippen molar-refractivity contribution in [2.45, 2.75) is 36.9 Å². The summed E-state index contributed by atoms with van der Waals surface area (Å²) >= 11 is 0. The van der Waals surface area contributed by atoms with Crippen LogP contribution in [0.2, 0.25) is 0 Å². The van der Waals surface area contributed by atoms with E-state index in [0.717, 1.165) is 24.0 Å². The zero-order chi connectivity index (χ0) is 11.9. The smallest absolute Gasteiger partial charge is 0.140 e. The fraction of sp³-hybridized carbons (Fsp3) is 0.571. The van der Waals surface area contributed by atoms with Gasteiger partial charge in [-0.05, 0) is 24.0 Å². The van der Waals surface area contributed by atoms with Crippen LogP contribution in [0.15, 0.2) is 24.3 Å². The fourth-order valence-corrected chi connectivity index (χ4v) is 2.51. The van der Waals surface area contributed by atoms with Crippen LogP contribution in [0.4, 0.5) is 4.39 Å². The first kappa shape index (κ1) is 11.2. The van der Waals surface area contributed by atoms with Crippen molar-refractivity contribution in [2.75, 3.05) is 13.2 Å². The molecule has 3 heteroatoms. The summed E-state index contributed by atoms with van der Waals surface area (Å²) in [7, 11) is 0. The second-order valence-electron chi connectivity index (χ2n) is 5.31. The summed E-state index contributed by atoms with van der Waals surface area (Å²) in [4.78, 5) is 0. The topological polar surface area (TPSA) is 35.2 Å². The van der Waals surface area contributed by atoms with Crippen molar-refractivity contribution in [3.05, 3.63) is 35.4 Å². The molecule has 3 rings (SSSR count). The second kappa shape index (κ2) is 3.79. The number of hydrogen-bond donors (Lipinski definition) is 1. The van der Waals surface area contributed by atoms with Gasteiger partial charge >= 0.3 is 0 Å². The molecule has 1 heterocycles. The van der Waals surface area contributed by atoms with Crippen molar-refractivity contribution in [1.29, 1.82) is 0 Å². The van der Waals surface area contributed by atoms with E-state index in [4.69, 9.17) is 10.5 Å². The maximum absolute atomic E-state index is 14.8. The predicted octanol–water partition coefficient (Wildman–Crippen LogP) is 2.61. The largest absolute Gasteiger partial charge is 0.381 e. The molecule has 1 aliphatic heterocycles. The van der Waals surface area contributed by atoms with Crippen molar-refractivity contribution < 1.29 is 9.13 Å². The van der Waals surface area contributed by atoms with Gasteiger partial charge in [-0.2, -0.15) is 0 Å². The van der Waals surface area contributed by atoms with Crippen LogP contribution in [0, 0.1) is 0 Å². The maximum atomic E-state index is 14.8. The van der Waals surface area contributed by atoms with E-state index in [1.807, 2.05) is 24.3 Å². The highest BCUT2D eigenvalue weighted by atomic mass is 19.1. The first-order valence-electron chi connectivity index (χ1n) is 6.29. The van der Waals surface area contributed by atoms with Gasteiger partial charge in [-0.15, -0.1) is 0 Å². The number of halogens is 1.